The lowest BCUT2D eigenvalue weighted by molar-refractivity contribution is 0.378. The summed E-state index contributed by atoms with van der Waals surface area (Å²) in [6, 6.07) is 2.02. The molecule has 0 saturated carbocycles. The number of aryl methyl sites for hydroxylation is 1. The van der Waals surface area contributed by atoms with E-state index in [4.69, 9.17) is 4.74 Å². The Balaban J connectivity index is 2.49. The zero-order chi connectivity index (χ0) is 11.7. The Kier molecular flexibility index (Phi) is 3.50. The van der Waals surface area contributed by atoms with Crippen molar-refractivity contribution in [2.45, 2.75) is 25.8 Å². The van der Waals surface area contributed by atoms with Crippen molar-refractivity contribution in [3.63, 3.8) is 0 Å². The average Bonchev–Trinajstić information content (AvgIpc) is 2.77. The van der Waals surface area contributed by atoms with E-state index in [0.717, 1.165) is 30.5 Å². The smallest absolute Gasteiger partial charge is 0.171 e. The molecule has 88 valence electrons. The molecule has 1 N–H and O–H groups in total. The number of methoxy groups -OCH3 is 1. The summed E-state index contributed by atoms with van der Waals surface area (Å²) in [5, 5.41) is 3.30. The number of hydrogen-bond donors (Lipinski definition) is 1. The number of benzene rings is 1. The number of rotatable bonds is 2. The second kappa shape index (κ2) is 4.72. The van der Waals surface area contributed by atoms with Crippen LogP contribution in [-0.4, -0.2) is 13.7 Å². The second-order valence-corrected chi connectivity index (χ2v) is 4.89. The lowest BCUT2D eigenvalue weighted by Gasteiger charge is -2.16. The molecular formula is C12H15BrFNO. The van der Waals surface area contributed by atoms with Gasteiger partial charge in [0, 0.05) is 11.6 Å². The first-order chi connectivity index (χ1) is 7.65. The van der Waals surface area contributed by atoms with Crippen molar-refractivity contribution in [2.24, 2.45) is 0 Å². The third kappa shape index (κ3) is 1.96. The fourth-order valence-corrected chi connectivity index (χ4v) is 2.60. The van der Waals surface area contributed by atoms with Gasteiger partial charge in [0.2, 0.25) is 0 Å². The minimum absolute atomic E-state index is 0.126. The molecule has 1 fully saturated rings. The van der Waals surface area contributed by atoms with Gasteiger partial charge in [-0.2, -0.15) is 0 Å². The molecule has 0 bridgehead atoms. The molecule has 1 atom stereocenters. The lowest BCUT2D eigenvalue weighted by atomic mass is 10.0. The SMILES string of the molecule is COc1c(F)c(C2CCCN2)cc(C)c1Br. The summed E-state index contributed by atoms with van der Waals surface area (Å²) in [6.07, 6.45) is 2.09. The molecule has 0 radical (unpaired) electrons. The van der Waals surface area contributed by atoms with Crippen LogP contribution in [0.25, 0.3) is 0 Å². The first-order valence-corrected chi connectivity index (χ1v) is 6.20. The van der Waals surface area contributed by atoms with Gasteiger partial charge >= 0.3 is 0 Å². The highest BCUT2D eigenvalue weighted by molar-refractivity contribution is 9.10. The monoisotopic (exact) mass is 287 g/mol. The molecule has 16 heavy (non-hydrogen) atoms. The van der Waals surface area contributed by atoms with E-state index < -0.39 is 0 Å². The number of hydrogen-bond acceptors (Lipinski definition) is 2. The van der Waals surface area contributed by atoms with E-state index >= 15 is 0 Å². The van der Waals surface area contributed by atoms with Crippen LogP contribution in [0.1, 0.15) is 30.0 Å². The van der Waals surface area contributed by atoms with Crippen molar-refractivity contribution < 1.29 is 9.13 Å². The van der Waals surface area contributed by atoms with Crippen LogP contribution in [0.5, 0.6) is 5.75 Å². The van der Waals surface area contributed by atoms with Crippen LogP contribution >= 0.6 is 15.9 Å². The summed E-state index contributed by atoms with van der Waals surface area (Å²) in [6.45, 7) is 2.91. The summed E-state index contributed by atoms with van der Waals surface area (Å²) in [7, 11) is 1.49. The summed E-state index contributed by atoms with van der Waals surface area (Å²) >= 11 is 3.35. The first-order valence-electron chi connectivity index (χ1n) is 5.41. The predicted octanol–water partition coefficient (Wildman–Crippen LogP) is 3.33. The standard InChI is InChI=1S/C12H15BrFNO/c1-7-6-8(9-4-3-5-15-9)11(14)12(16-2)10(7)13/h6,9,15H,3-5H2,1-2H3. The van der Waals surface area contributed by atoms with Crippen molar-refractivity contribution in [2.75, 3.05) is 13.7 Å². The van der Waals surface area contributed by atoms with Crippen molar-refractivity contribution in [1.82, 2.24) is 5.32 Å². The molecule has 0 aromatic heterocycles. The Morgan fingerprint density at radius 1 is 1.56 bits per heavy atom. The Hall–Kier alpha value is -0.610. The number of ether oxygens (including phenoxy) is 1. The average molecular weight is 288 g/mol. The highest BCUT2D eigenvalue weighted by Crippen LogP contribution is 2.37. The molecule has 0 spiro atoms. The lowest BCUT2D eigenvalue weighted by Crippen LogP contribution is -2.15. The van der Waals surface area contributed by atoms with Gasteiger partial charge in [0.15, 0.2) is 11.6 Å². The highest BCUT2D eigenvalue weighted by atomic mass is 79.9. The normalized spacial score (nSPS) is 20.1. The summed E-state index contributed by atoms with van der Waals surface area (Å²) < 4.78 is 20.0. The second-order valence-electron chi connectivity index (χ2n) is 4.09. The van der Waals surface area contributed by atoms with Gasteiger partial charge in [-0.1, -0.05) is 6.07 Å². The van der Waals surface area contributed by atoms with E-state index in [-0.39, 0.29) is 11.9 Å². The van der Waals surface area contributed by atoms with E-state index in [9.17, 15) is 4.39 Å². The van der Waals surface area contributed by atoms with E-state index in [0.29, 0.717) is 10.2 Å². The maximum Gasteiger partial charge on any atom is 0.171 e. The van der Waals surface area contributed by atoms with Crippen molar-refractivity contribution in [1.29, 1.82) is 0 Å². The van der Waals surface area contributed by atoms with E-state index in [1.165, 1.54) is 7.11 Å². The fourth-order valence-electron chi connectivity index (χ4n) is 2.15. The van der Waals surface area contributed by atoms with Crippen molar-refractivity contribution >= 4 is 15.9 Å². The minimum Gasteiger partial charge on any atom is -0.492 e. The van der Waals surface area contributed by atoms with Crippen LogP contribution in [0, 0.1) is 12.7 Å². The van der Waals surface area contributed by atoms with E-state index in [1.54, 1.807) is 0 Å². The summed E-state index contributed by atoms with van der Waals surface area (Å²) in [4.78, 5) is 0. The Labute approximate surface area is 103 Å². The van der Waals surface area contributed by atoms with Crippen molar-refractivity contribution in [3.05, 3.63) is 27.5 Å². The minimum atomic E-state index is -0.251. The summed E-state index contributed by atoms with van der Waals surface area (Å²) in [5.41, 5.74) is 1.72. The first kappa shape index (κ1) is 11.9. The van der Waals surface area contributed by atoms with Crippen LogP contribution in [-0.2, 0) is 0 Å². The molecule has 1 saturated heterocycles. The molecule has 2 nitrogen and oxygen atoms in total. The van der Waals surface area contributed by atoms with Crippen molar-refractivity contribution in [3.8, 4) is 5.75 Å². The maximum absolute atomic E-state index is 14.2. The molecule has 1 aromatic rings. The van der Waals surface area contributed by atoms with E-state index in [2.05, 4.69) is 21.2 Å². The molecule has 4 heteroatoms. The van der Waals surface area contributed by atoms with Crippen LogP contribution in [0.15, 0.2) is 10.5 Å². The molecule has 1 unspecified atom stereocenters. The molecule has 1 heterocycles. The molecular weight excluding hydrogens is 273 g/mol. The quantitative estimate of drug-likeness (QED) is 0.901. The molecule has 0 aliphatic carbocycles. The molecule has 1 aliphatic heterocycles. The highest BCUT2D eigenvalue weighted by Gasteiger charge is 2.24. The van der Waals surface area contributed by atoms with Gasteiger partial charge in [0.05, 0.1) is 11.6 Å². The third-order valence-electron chi connectivity index (χ3n) is 3.01. The predicted molar refractivity (Wildman–Crippen MR) is 65.4 cm³/mol. The van der Waals surface area contributed by atoms with Gasteiger partial charge < -0.3 is 10.1 Å². The molecule has 0 amide bonds. The van der Waals surface area contributed by atoms with Gasteiger partial charge in [-0.05, 0) is 47.8 Å². The van der Waals surface area contributed by atoms with Crippen LogP contribution in [0.4, 0.5) is 4.39 Å². The summed E-state index contributed by atoms with van der Waals surface area (Å²) in [5.74, 6) is 0.0584. The van der Waals surface area contributed by atoms with Crippen LogP contribution < -0.4 is 10.1 Å². The Bertz CT molecular complexity index is 402. The van der Waals surface area contributed by atoms with Gasteiger partial charge in [-0.3, -0.25) is 0 Å². The maximum atomic E-state index is 14.2. The number of nitrogens with one attached hydrogen (secondary N) is 1. The Morgan fingerprint density at radius 2 is 2.31 bits per heavy atom. The zero-order valence-corrected chi connectivity index (χ0v) is 11.0. The van der Waals surface area contributed by atoms with E-state index in [1.807, 2.05) is 13.0 Å². The Morgan fingerprint density at radius 3 is 2.88 bits per heavy atom. The topological polar surface area (TPSA) is 21.3 Å². The zero-order valence-electron chi connectivity index (χ0n) is 9.44. The van der Waals surface area contributed by atoms with Gasteiger partial charge in [-0.15, -0.1) is 0 Å². The molecule has 2 rings (SSSR count). The fraction of sp³-hybridized carbons (Fsp3) is 0.500. The van der Waals surface area contributed by atoms with Gasteiger partial charge in [0.25, 0.3) is 0 Å². The third-order valence-corrected chi connectivity index (χ3v) is 4.00. The van der Waals surface area contributed by atoms with Gasteiger partial charge in [0.1, 0.15) is 0 Å². The number of halogens is 2. The molecule has 1 aromatic carbocycles. The van der Waals surface area contributed by atoms with Crippen LogP contribution in [0.3, 0.4) is 0 Å². The molecule has 1 aliphatic rings. The largest absolute Gasteiger partial charge is 0.492 e. The van der Waals surface area contributed by atoms with Gasteiger partial charge in [-0.25, -0.2) is 4.39 Å². The van der Waals surface area contributed by atoms with Crippen LogP contribution in [0.2, 0.25) is 0 Å².